The van der Waals surface area contributed by atoms with E-state index in [4.69, 9.17) is 56.8 Å². The zero-order valence-corrected chi connectivity index (χ0v) is 44.4. The fourth-order valence-electron chi connectivity index (χ4n) is 8.87. The van der Waals surface area contributed by atoms with Gasteiger partial charge in [-0.3, -0.25) is 0 Å². The first-order chi connectivity index (χ1) is 37.7. The van der Waals surface area contributed by atoms with E-state index >= 15 is 0 Å². The topological polar surface area (TPSA) is 325 Å². The maximum atomic E-state index is 13.2. The Balaban J connectivity index is 0.812. The molecule has 8 rings (SSSR count). The van der Waals surface area contributed by atoms with Crippen molar-refractivity contribution in [2.45, 2.75) is 147 Å². The SMILES string of the molecule is CCC1(C)OC(=O)C(C=CC(C)=CC=C2C(=O)OC3(CCC4(CC3)OC(=O)C(=C/C=C(C)/C=C/C3=C(O)OC5(CCC6(CC5)OC(=O)C(=C/C=C(C)/C=C/C5=C(O)OC(C)(CC)OC5=O)C(=O)O6)OC3=O)C(=O)O4)OC2=O)=C(O)O1. The summed E-state index contributed by atoms with van der Waals surface area (Å²) in [6.07, 6.45) is 14.5. The van der Waals surface area contributed by atoms with E-state index in [-0.39, 0.29) is 80.9 Å². The summed E-state index contributed by atoms with van der Waals surface area (Å²) >= 11 is 0. The molecule has 2 aliphatic carbocycles. The van der Waals surface area contributed by atoms with Crippen molar-refractivity contribution in [3.63, 3.8) is 0 Å². The molecule has 2 unspecified atom stereocenters. The molecule has 0 aromatic carbocycles. The molecule has 3 N–H and O–H groups in total. The van der Waals surface area contributed by atoms with Crippen LogP contribution in [0.2, 0.25) is 0 Å². The predicted octanol–water partition coefficient (Wildman–Crippen LogP) is 6.79. The lowest BCUT2D eigenvalue weighted by atomic mass is 9.87. The Morgan fingerprint density at radius 1 is 0.362 bits per heavy atom. The number of hydrogen-bond acceptors (Lipinski definition) is 24. The minimum Gasteiger partial charge on any atom is -0.480 e. The molecule has 24 nitrogen and oxygen atoms in total. The van der Waals surface area contributed by atoms with Crippen LogP contribution in [0.1, 0.15) is 113 Å². The molecular formula is C56H56O24. The Hall–Kier alpha value is -9.09. The van der Waals surface area contributed by atoms with Gasteiger partial charge in [0.2, 0.25) is 0 Å². The smallest absolute Gasteiger partial charge is 0.348 e. The van der Waals surface area contributed by atoms with Gasteiger partial charge >= 0.3 is 53.7 Å². The molecule has 8 aliphatic rings. The molecule has 6 aliphatic heterocycles. The van der Waals surface area contributed by atoms with Crippen LogP contribution < -0.4 is 0 Å². The lowest BCUT2D eigenvalue weighted by Crippen LogP contribution is -2.56. The number of esters is 9. The zero-order chi connectivity index (χ0) is 58.2. The molecule has 0 amide bonds. The number of aliphatic hydroxyl groups is 3. The third-order valence-electron chi connectivity index (χ3n) is 14.1. The van der Waals surface area contributed by atoms with E-state index in [2.05, 4.69) is 0 Å². The number of carbonyl (C=O) groups excluding carboxylic acids is 9. The van der Waals surface area contributed by atoms with Gasteiger partial charge in [-0.2, -0.15) is 0 Å². The molecule has 0 aromatic rings. The molecule has 0 bridgehead atoms. The highest BCUT2D eigenvalue weighted by Gasteiger charge is 2.58. The summed E-state index contributed by atoms with van der Waals surface area (Å²) in [5.41, 5.74) is -0.969. The van der Waals surface area contributed by atoms with Gasteiger partial charge in [0, 0.05) is 78.1 Å². The second-order valence-electron chi connectivity index (χ2n) is 20.1. The first-order valence-corrected chi connectivity index (χ1v) is 25.3. The molecule has 5 fully saturated rings. The highest BCUT2D eigenvalue weighted by Crippen LogP contribution is 2.47. The van der Waals surface area contributed by atoms with Crippen LogP contribution in [0, 0.1) is 0 Å². The monoisotopic (exact) mass is 1110 g/mol. The van der Waals surface area contributed by atoms with E-state index in [0.717, 1.165) is 12.2 Å². The highest BCUT2D eigenvalue weighted by atomic mass is 16.8. The van der Waals surface area contributed by atoms with Crippen molar-refractivity contribution in [2.24, 2.45) is 0 Å². The summed E-state index contributed by atoms with van der Waals surface area (Å²) in [5.74, 6) is -20.2. The van der Waals surface area contributed by atoms with Gasteiger partial charge in [0.25, 0.3) is 52.6 Å². The van der Waals surface area contributed by atoms with E-state index in [9.17, 15) is 58.5 Å². The van der Waals surface area contributed by atoms with Gasteiger partial charge in [-0.15, -0.1) is 0 Å². The van der Waals surface area contributed by atoms with Crippen molar-refractivity contribution >= 4 is 53.7 Å². The molecule has 6 heterocycles. The molecule has 0 aromatic heterocycles. The van der Waals surface area contributed by atoms with Crippen molar-refractivity contribution in [3.8, 4) is 0 Å². The van der Waals surface area contributed by atoms with Crippen LogP contribution in [0.4, 0.5) is 0 Å². The van der Waals surface area contributed by atoms with E-state index in [1.165, 1.54) is 74.6 Å². The Bertz CT molecular complexity index is 3080. The molecule has 80 heavy (non-hydrogen) atoms. The van der Waals surface area contributed by atoms with Crippen LogP contribution in [-0.4, -0.2) is 104 Å². The average Bonchev–Trinajstić information content (AvgIpc) is 3.37. The molecule has 0 radical (unpaired) electrons. The molecule has 424 valence electrons. The minimum atomic E-state index is -1.76. The van der Waals surface area contributed by atoms with Crippen molar-refractivity contribution < 1.29 is 115 Å². The summed E-state index contributed by atoms with van der Waals surface area (Å²) < 4.78 is 65.9. The van der Waals surface area contributed by atoms with E-state index in [1.807, 2.05) is 0 Å². The van der Waals surface area contributed by atoms with Crippen molar-refractivity contribution in [3.05, 3.63) is 141 Å². The summed E-state index contributed by atoms with van der Waals surface area (Å²) in [4.78, 5) is 117. The van der Waals surface area contributed by atoms with E-state index in [1.54, 1.807) is 34.6 Å². The minimum absolute atomic E-state index is 0.166. The van der Waals surface area contributed by atoms with Crippen molar-refractivity contribution in [1.29, 1.82) is 0 Å². The van der Waals surface area contributed by atoms with Gasteiger partial charge in [-0.05, 0) is 57.2 Å². The fraction of sp³-hybridized carbons (Fsp3) is 0.411. The summed E-state index contributed by atoms with van der Waals surface area (Å²) in [5, 5.41) is 31.3. The van der Waals surface area contributed by atoms with Crippen LogP contribution in [0.3, 0.4) is 0 Å². The Morgan fingerprint density at radius 2 is 0.588 bits per heavy atom. The molecule has 24 heteroatoms. The molecule has 3 saturated heterocycles. The number of carbonyl (C=O) groups is 9. The third kappa shape index (κ3) is 12.0. The van der Waals surface area contributed by atoms with Crippen molar-refractivity contribution in [2.75, 3.05) is 0 Å². The number of rotatable bonds is 11. The van der Waals surface area contributed by atoms with Gasteiger partial charge < -0.3 is 72.2 Å². The van der Waals surface area contributed by atoms with Crippen LogP contribution in [-0.2, 0) is 100.0 Å². The van der Waals surface area contributed by atoms with Crippen LogP contribution in [0.25, 0.3) is 0 Å². The van der Waals surface area contributed by atoms with Gasteiger partial charge in [0.15, 0.2) is 0 Å². The highest BCUT2D eigenvalue weighted by molar-refractivity contribution is 6.17. The third-order valence-corrected chi connectivity index (χ3v) is 14.1. The second-order valence-corrected chi connectivity index (χ2v) is 20.1. The number of hydrogen-bond donors (Lipinski definition) is 3. The molecular weight excluding hydrogens is 1060 g/mol. The van der Waals surface area contributed by atoms with Gasteiger partial charge in [0.05, 0.1) is 0 Å². The predicted molar refractivity (Wildman–Crippen MR) is 265 cm³/mol. The summed E-state index contributed by atoms with van der Waals surface area (Å²) in [6, 6.07) is 0. The maximum absolute atomic E-state index is 13.2. The number of ether oxygens (including phenoxy) is 12. The normalized spacial score (nSPS) is 31.6. The first-order valence-electron chi connectivity index (χ1n) is 25.3. The average molecular weight is 1110 g/mol. The van der Waals surface area contributed by atoms with Gasteiger partial charge in [-0.1, -0.05) is 67.0 Å². The van der Waals surface area contributed by atoms with Crippen LogP contribution >= 0.6 is 0 Å². The molecule has 2 saturated carbocycles. The van der Waals surface area contributed by atoms with Crippen LogP contribution in [0.15, 0.2) is 141 Å². The lowest BCUT2D eigenvalue weighted by molar-refractivity contribution is -0.297. The molecule has 4 spiro atoms. The first kappa shape index (κ1) is 57.1. The molecule has 2 atom stereocenters. The number of allylic oxidation sites excluding steroid dienone is 12. The van der Waals surface area contributed by atoms with Gasteiger partial charge in [0.1, 0.15) is 33.4 Å². The standard InChI is InChI=1S/C56H56O24/c1-8-51(6)69-39(57)33(40(58)70-51)16-10-30(3)12-18-35-43(61)73-53(74-44(35)62)22-26-55(27-23-53)77-47(65)37(48(66)78-55)20-14-32(5)15-21-38-49(67)79-56(80-50(38)68)28-24-54(25-29-56)75-45(63)36(46(64)76-54)19-13-31(4)11-17-34-41(59)71-52(7,9-2)72-42(34)60/h10-21,57,59,65H,8-9,22-29H2,1-7H3/b16-10+,17-11?,20-14+,30-12+,31-13?,32-15+,35-18?,36-19?,38-21?. The van der Waals surface area contributed by atoms with Crippen molar-refractivity contribution in [1.82, 2.24) is 0 Å². The van der Waals surface area contributed by atoms with E-state index < -0.39 is 123 Å². The van der Waals surface area contributed by atoms with Gasteiger partial charge in [-0.25, -0.2) is 43.2 Å². The number of cyclic esters (lactones) is 2. The Labute approximate surface area is 456 Å². The fourth-order valence-corrected chi connectivity index (χ4v) is 8.87. The summed E-state index contributed by atoms with van der Waals surface area (Å²) in [7, 11) is 0. The maximum Gasteiger partial charge on any atom is 0.348 e. The Kier molecular flexibility index (Phi) is 15.4. The summed E-state index contributed by atoms with van der Waals surface area (Å²) in [6.45, 7) is 11.2. The largest absolute Gasteiger partial charge is 0.480 e. The second kappa shape index (κ2) is 21.6. The zero-order valence-electron chi connectivity index (χ0n) is 44.4. The van der Waals surface area contributed by atoms with Crippen LogP contribution in [0.5, 0.6) is 0 Å². The Morgan fingerprint density at radius 3 is 0.825 bits per heavy atom. The number of aliphatic hydroxyl groups excluding tert-OH is 3. The lowest BCUT2D eigenvalue weighted by Gasteiger charge is -2.46. The quantitative estimate of drug-likeness (QED) is 0.0630. The van der Waals surface area contributed by atoms with E-state index in [0.29, 0.717) is 16.7 Å².